The molecule has 2 rings (SSSR count). The van der Waals surface area contributed by atoms with E-state index in [1.54, 1.807) is 16.0 Å². The van der Waals surface area contributed by atoms with E-state index < -0.39 is 0 Å². The molecule has 1 N–H and O–H groups in total. The lowest BCUT2D eigenvalue weighted by atomic mass is 10.5. The Hall–Kier alpha value is -1.27. The van der Waals surface area contributed by atoms with Gasteiger partial charge in [0.1, 0.15) is 5.00 Å². The van der Waals surface area contributed by atoms with Gasteiger partial charge in [-0.25, -0.2) is 0 Å². The van der Waals surface area contributed by atoms with Crippen LogP contribution >= 0.6 is 11.3 Å². The van der Waals surface area contributed by atoms with Crippen molar-refractivity contribution < 1.29 is 0 Å². The Kier molecular flexibility index (Phi) is 2.33. The van der Waals surface area contributed by atoms with E-state index >= 15 is 0 Å². The maximum absolute atomic E-state index is 3.91. The molecule has 0 saturated heterocycles. The lowest BCUT2D eigenvalue weighted by molar-refractivity contribution is 0.714. The molecule has 0 fully saturated rings. The number of rotatable bonds is 3. The summed E-state index contributed by atoms with van der Waals surface area (Å²) in [6.07, 6.45) is 0. The van der Waals surface area contributed by atoms with Crippen molar-refractivity contribution in [3.05, 3.63) is 23.3 Å². The molecular formula is C7H9N5S. The Morgan fingerprint density at radius 1 is 1.62 bits per heavy atom. The normalized spacial score (nSPS) is 10.5. The molecule has 2 heterocycles. The highest BCUT2D eigenvalue weighted by molar-refractivity contribution is 7.12. The van der Waals surface area contributed by atoms with Gasteiger partial charge in [0.05, 0.1) is 6.54 Å². The van der Waals surface area contributed by atoms with Gasteiger partial charge < -0.3 is 5.32 Å². The van der Waals surface area contributed by atoms with Crippen molar-refractivity contribution in [1.29, 1.82) is 0 Å². The van der Waals surface area contributed by atoms with Crippen molar-refractivity contribution >= 4 is 11.3 Å². The summed E-state index contributed by atoms with van der Waals surface area (Å²) < 4.78 is 1.74. The summed E-state index contributed by atoms with van der Waals surface area (Å²) >= 11 is 1.61. The Morgan fingerprint density at radius 3 is 3.23 bits per heavy atom. The predicted octanol–water partition coefficient (Wildman–Crippen LogP) is 0.443. The average Bonchev–Trinajstić information content (AvgIpc) is 2.71. The molecule has 13 heavy (non-hydrogen) atoms. The van der Waals surface area contributed by atoms with Gasteiger partial charge >= 0.3 is 0 Å². The summed E-state index contributed by atoms with van der Waals surface area (Å²) in [6.45, 7) is 0.672. The largest absolute Gasteiger partial charge is 0.313 e. The molecule has 0 unspecified atom stereocenters. The van der Waals surface area contributed by atoms with Crippen molar-refractivity contribution in [1.82, 2.24) is 25.5 Å². The highest BCUT2D eigenvalue weighted by Gasteiger charge is 2.06. The van der Waals surface area contributed by atoms with E-state index in [9.17, 15) is 0 Å². The predicted molar refractivity (Wildman–Crippen MR) is 49.8 cm³/mol. The third-order valence-corrected chi connectivity index (χ3v) is 2.43. The molecule has 0 bridgehead atoms. The van der Waals surface area contributed by atoms with Gasteiger partial charge in [-0.2, -0.15) is 4.68 Å². The fraction of sp³-hybridized carbons (Fsp3) is 0.286. The van der Waals surface area contributed by atoms with E-state index in [-0.39, 0.29) is 0 Å². The van der Waals surface area contributed by atoms with E-state index in [0.717, 1.165) is 10.8 Å². The van der Waals surface area contributed by atoms with Crippen LogP contribution in [-0.4, -0.2) is 27.3 Å². The van der Waals surface area contributed by atoms with Gasteiger partial charge in [-0.15, -0.1) is 16.4 Å². The van der Waals surface area contributed by atoms with Crippen molar-refractivity contribution in [2.45, 2.75) is 6.54 Å². The summed E-state index contributed by atoms with van der Waals surface area (Å²) in [5.41, 5.74) is 0. The number of nitrogens with one attached hydrogen (secondary N) is 1. The molecule has 0 spiro atoms. The van der Waals surface area contributed by atoms with Gasteiger partial charge in [0.15, 0.2) is 5.82 Å². The highest BCUT2D eigenvalue weighted by atomic mass is 32.1. The Bertz CT molecular complexity index is 366. The summed E-state index contributed by atoms with van der Waals surface area (Å²) in [5.74, 6) is 0.824. The zero-order valence-corrected chi connectivity index (χ0v) is 7.95. The smallest absolute Gasteiger partial charge is 0.171 e. The minimum Gasteiger partial charge on any atom is -0.313 e. The molecular weight excluding hydrogens is 186 g/mol. The molecule has 0 aliphatic rings. The fourth-order valence-corrected chi connectivity index (χ4v) is 1.73. The Balaban J connectivity index is 2.35. The third-order valence-electron chi connectivity index (χ3n) is 1.58. The number of aromatic nitrogens is 4. The molecule has 0 saturated carbocycles. The zero-order valence-electron chi connectivity index (χ0n) is 7.14. The second kappa shape index (κ2) is 3.63. The molecule has 2 aromatic heterocycles. The van der Waals surface area contributed by atoms with Gasteiger partial charge in [0, 0.05) is 0 Å². The second-order valence-electron chi connectivity index (χ2n) is 2.49. The number of thiophene rings is 1. The summed E-state index contributed by atoms with van der Waals surface area (Å²) in [6, 6.07) is 3.96. The van der Waals surface area contributed by atoms with Crippen LogP contribution in [0, 0.1) is 0 Å². The van der Waals surface area contributed by atoms with Crippen molar-refractivity contribution in [3.8, 4) is 5.00 Å². The summed E-state index contributed by atoms with van der Waals surface area (Å²) in [7, 11) is 1.87. The summed E-state index contributed by atoms with van der Waals surface area (Å²) in [4.78, 5) is 0. The number of hydrogen-bond donors (Lipinski definition) is 1. The maximum Gasteiger partial charge on any atom is 0.171 e. The Morgan fingerprint density at radius 2 is 2.54 bits per heavy atom. The molecule has 0 atom stereocenters. The van der Waals surface area contributed by atoms with Crippen LogP contribution in [-0.2, 0) is 6.54 Å². The first-order valence-corrected chi connectivity index (χ1v) is 4.75. The molecule has 0 aromatic carbocycles. The van der Waals surface area contributed by atoms with Gasteiger partial charge in [-0.05, 0) is 35.0 Å². The van der Waals surface area contributed by atoms with Crippen molar-refractivity contribution in [2.24, 2.45) is 0 Å². The molecule has 0 radical (unpaired) electrons. The lowest BCUT2D eigenvalue weighted by Gasteiger charge is -1.99. The molecule has 68 valence electrons. The Labute approximate surface area is 79.4 Å². The lowest BCUT2D eigenvalue weighted by Crippen LogP contribution is -2.11. The van der Waals surface area contributed by atoms with E-state index in [2.05, 4.69) is 20.8 Å². The number of nitrogens with zero attached hydrogens (tertiary/aromatic N) is 4. The van der Waals surface area contributed by atoms with Crippen LogP contribution in [0.5, 0.6) is 0 Å². The number of tetrazole rings is 1. The molecule has 5 nitrogen and oxygen atoms in total. The van der Waals surface area contributed by atoms with Crippen LogP contribution in [0.1, 0.15) is 5.82 Å². The van der Waals surface area contributed by atoms with Crippen LogP contribution in [0.15, 0.2) is 17.5 Å². The van der Waals surface area contributed by atoms with Gasteiger partial charge in [-0.1, -0.05) is 0 Å². The first-order valence-electron chi connectivity index (χ1n) is 3.87. The van der Waals surface area contributed by atoms with Gasteiger partial charge in [-0.3, -0.25) is 0 Å². The molecule has 0 aliphatic heterocycles. The second-order valence-corrected chi connectivity index (χ2v) is 3.41. The topological polar surface area (TPSA) is 55.6 Å². The van der Waals surface area contributed by atoms with Crippen LogP contribution in [0.25, 0.3) is 5.00 Å². The fourth-order valence-electron chi connectivity index (χ4n) is 1.04. The minimum atomic E-state index is 0.672. The van der Waals surface area contributed by atoms with Gasteiger partial charge in [0.2, 0.25) is 0 Å². The standard InChI is InChI=1S/C7H9N5S/c1-8-5-6-9-10-11-12(6)7-3-2-4-13-7/h2-4,8H,5H2,1H3. The zero-order chi connectivity index (χ0) is 9.10. The average molecular weight is 195 g/mol. The van der Waals surface area contributed by atoms with Crippen molar-refractivity contribution in [2.75, 3.05) is 7.05 Å². The van der Waals surface area contributed by atoms with E-state index in [1.807, 2.05) is 24.6 Å². The van der Waals surface area contributed by atoms with E-state index in [4.69, 9.17) is 0 Å². The first kappa shape index (κ1) is 8.33. The molecule has 0 aliphatic carbocycles. The third kappa shape index (κ3) is 1.58. The van der Waals surface area contributed by atoms with E-state index in [0.29, 0.717) is 6.54 Å². The quantitative estimate of drug-likeness (QED) is 0.772. The van der Waals surface area contributed by atoms with E-state index in [1.165, 1.54) is 0 Å². The monoisotopic (exact) mass is 195 g/mol. The van der Waals surface area contributed by atoms with Crippen LogP contribution < -0.4 is 5.32 Å². The molecule has 6 heteroatoms. The van der Waals surface area contributed by atoms with Crippen LogP contribution in [0.2, 0.25) is 0 Å². The first-order chi connectivity index (χ1) is 6.42. The van der Waals surface area contributed by atoms with Crippen LogP contribution in [0.4, 0.5) is 0 Å². The summed E-state index contributed by atoms with van der Waals surface area (Å²) in [5, 5.41) is 17.5. The minimum absolute atomic E-state index is 0.672. The van der Waals surface area contributed by atoms with Crippen molar-refractivity contribution in [3.63, 3.8) is 0 Å². The van der Waals surface area contributed by atoms with Crippen LogP contribution in [0.3, 0.4) is 0 Å². The number of hydrogen-bond acceptors (Lipinski definition) is 5. The molecule has 0 amide bonds. The highest BCUT2D eigenvalue weighted by Crippen LogP contribution is 2.14. The maximum atomic E-state index is 3.91. The van der Waals surface area contributed by atoms with Gasteiger partial charge in [0.25, 0.3) is 0 Å². The molecule has 2 aromatic rings. The SMILES string of the molecule is CNCc1nnnn1-c1cccs1.